The van der Waals surface area contributed by atoms with Gasteiger partial charge in [0.2, 0.25) is 0 Å². The van der Waals surface area contributed by atoms with Gasteiger partial charge in [0.05, 0.1) is 13.5 Å². The largest absolute Gasteiger partial charge is 0.508 e. The normalized spacial score (nSPS) is 11.5. The van der Waals surface area contributed by atoms with Gasteiger partial charge in [0, 0.05) is 5.56 Å². The summed E-state index contributed by atoms with van der Waals surface area (Å²) in [6, 6.07) is 2.74. The van der Waals surface area contributed by atoms with Crippen LogP contribution in [0.2, 0.25) is 0 Å². The van der Waals surface area contributed by atoms with Crippen molar-refractivity contribution >= 4 is 17.8 Å². The van der Waals surface area contributed by atoms with E-state index < -0.39 is 30.3 Å². The zero-order chi connectivity index (χ0) is 15.3. The molecule has 7 nitrogen and oxygen atoms in total. The number of hydrogen-bond donors (Lipinski definition) is 3. The summed E-state index contributed by atoms with van der Waals surface area (Å²) in [5, 5.41) is 20.5. The molecule has 0 saturated heterocycles. The average Bonchev–Trinajstić information content (AvgIpc) is 2.40. The average molecular weight is 281 g/mol. The van der Waals surface area contributed by atoms with Crippen LogP contribution in [0.15, 0.2) is 18.2 Å². The molecule has 0 aliphatic carbocycles. The molecule has 1 aromatic rings. The summed E-state index contributed by atoms with van der Waals surface area (Å²) in [5.41, 5.74) is 0.675. The van der Waals surface area contributed by atoms with E-state index in [9.17, 15) is 19.5 Å². The van der Waals surface area contributed by atoms with Crippen molar-refractivity contribution in [3.63, 3.8) is 0 Å². The molecular weight excluding hydrogens is 266 g/mol. The van der Waals surface area contributed by atoms with Crippen molar-refractivity contribution in [3.8, 4) is 5.75 Å². The maximum Gasteiger partial charge on any atom is 0.326 e. The molecule has 20 heavy (non-hydrogen) atoms. The van der Waals surface area contributed by atoms with E-state index in [-0.39, 0.29) is 11.3 Å². The summed E-state index contributed by atoms with van der Waals surface area (Å²) in [7, 11) is 1.13. The Kier molecular flexibility index (Phi) is 5.08. The highest BCUT2D eigenvalue weighted by Crippen LogP contribution is 2.17. The second-order valence-electron chi connectivity index (χ2n) is 4.15. The van der Waals surface area contributed by atoms with Gasteiger partial charge in [0.25, 0.3) is 5.91 Å². The highest BCUT2D eigenvalue weighted by Gasteiger charge is 2.24. The molecule has 1 rings (SSSR count). The number of benzene rings is 1. The summed E-state index contributed by atoms with van der Waals surface area (Å²) in [6.45, 7) is 1.61. The van der Waals surface area contributed by atoms with Gasteiger partial charge in [0.15, 0.2) is 0 Å². The third kappa shape index (κ3) is 3.98. The Morgan fingerprint density at radius 3 is 2.50 bits per heavy atom. The molecule has 3 N–H and O–H groups in total. The molecule has 0 unspecified atom stereocenters. The minimum atomic E-state index is -1.37. The molecule has 1 aromatic carbocycles. The highest BCUT2D eigenvalue weighted by atomic mass is 16.5. The van der Waals surface area contributed by atoms with Gasteiger partial charge in [-0.3, -0.25) is 9.59 Å². The van der Waals surface area contributed by atoms with Crippen molar-refractivity contribution < 1.29 is 29.3 Å². The van der Waals surface area contributed by atoms with Crippen LogP contribution >= 0.6 is 0 Å². The van der Waals surface area contributed by atoms with Gasteiger partial charge in [-0.05, 0) is 30.7 Å². The van der Waals surface area contributed by atoms with E-state index in [2.05, 4.69) is 10.1 Å². The predicted molar refractivity (Wildman–Crippen MR) is 68.4 cm³/mol. The highest BCUT2D eigenvalue weighted by molar-refractivity contribution is 5.97. The molecule has 0 saturated carbocycles. The second-order valence-corrected chi connectivity index (χ2v) is 4.15. The lowest BCUT2D eigenvalue weighted by atomic mass is 10.1. The molecule has 0 spiro atoms. The van der Waals surface area contributed by atoms with E-state index in [0.29, 0.717) is 5.56 Å². The Balaban J connectivity index is 2.82. The Morgan fingerprint density at radius 2 is 2.00 bits per heavy atom. The van der Waals surface area contributed by atoms with E-state index in [4.69, 9.17) is 5.11 Å². The van der Waals surface area contributed by atoms with Crippen LogP contribution in [0.25, 0.3) is 0 Å². The fourth-order valence-corrected chi connectivity index (χ4v) is 1.49. The first-order chi connectivity index (χ1) is 9.35. The quantitative estimate of drug-likeness (QED) is 0.675. The van der Waals surface area contributed by atoms with Gasteiger partial charge in [0.1, 0.15) is 11.8 Å². The number of aromatic hydroxyl groups is 1. The van der Waals surface area contributed by atoms with E-state index in [1.807, 2.05) is 0 Å². The number of carboxylic acid groups (broad SMARTS) is 1. The molecule has 7 heteroatoms. The van der Waals surface area contributed by atoms with Gasteiger partial charge >= 0.3 is 11.9 Å². The summed E-state index contributed by atoms with van der Waals surface area (Å²) in [5.74, 6) is -2.69. The van der Waals surface area contributed by atoms with Crippen LogP contribution in [-0.2, 0) is 14.3 Å². The standard InChI is InChI=1S/C13H15NO6/c1-7-5-8(3-4-10(7)15)12(17)14-9(13(18)19)6-11(16)20-2/h3-5,9,15H,6H2,1-2H3,(H,14,17)(H,18,19)/t9-/m0/s1. The van der Waals surface area contributed by atoms with E-state index in [1.165, 1.54) is 18.2 Å². The molecular formula is C13H15NO6. The van der Waals surface area contributed by atoms with Gasteiger partial charge in [-0.1, -0.05) is 0 Å². The summed E-state index contributed by atoms with van der Waals surface area (Å²) >= 11 is 0. The van der Waals surface area contributed by atoms with Crippen LogP contribution in [-0.4, -0.2) is 41.2 Å². The molecule has 1 atom stereocenters. The first kappa shape index (κ1) is 15.5. The van der Waals surface area contributed by atoms with E-state index in [1.54, 1.807) is 6.92 Å². The number of carboxylic acids is 1. The van der Waals surface area contributed by atoms with Crippen LogP contribution in [0.1, 0.15) is 22.3 Å². The van der Waals surface area contributed by atoms with Crippen molar-refractivity contribution in [3.05, 3.63) is 29.3 Å². The van der Waals surface area contributed by atoms with Gasteiger partial charge in [-0.25, -0.2) is 4.79 Å². The van der Waals surface area contributed by atoms with Crippen LogP contribution in [0.5, 0.6) is 5.75 Å². The van der Waals surface area contributed by atoms with Crippen molar-refractivity contribution in [1.82, 2.24) is 5.32 Å². The Labute approximate surface area is 115 Å². The number of aliphatic carboxylic acids is 1. The number of esters is 1. The smallest absolute Gasteiger partial charge is 0.326 e. The SMILES string of the molecule is COC(=O)C[C@H](NC(=O)c1ccc(O)c(C)c1)C(=O)O. The monoisotopic (exact) mass is 281 g/mol. The maximum absolute atomic E-state index is 11.9. The van der Waals surface area contributed by atoms with Crippen molar-refractivity contribution in [2.24, 2.45) is 0 Å². The zero-order valence-electron chi connectivity index (χ0n) is 11.0. The third-order valence-electron chi connectivity index (χ3n) is 2.66. The number of carbonyl (C=O) groups excluding carboxylic acids is 2. The maximum atomic E-state index is 11.9. The topological polar surface area (TPSA) is 113 Å². The number of ether oxygens (including phenoxy) is 1. The lowest BCUT2D eigenvalue weighted by molar-refractivity contribution is -0.147. The van der Waals surface area contributed by atoms with Crippen LogP contribution in [0.4, 0.5) is 0 Å². The summed E-state index contributed by atoms with van der Waals surface area (Å²) < 4.78 is 4.37. The van der Waals surface area contributed by atoms with Crippen LogP contribution in [0.3, 0.4) is 0 Å². The Morgan fingerprint density at radius 1 is 1.35 bits per heavy atom. The van der Waals surface area contributed by atoms with Crippen molar-refractivity contribution in [2.45, 2.75) is 19.4 Å². The van der Waals surface area contributed by atoms with Gasteiger partial charge in [-0.2, -0.15) is 0 Å². The lowest BCUT2D eigenvalue weighted by Crippen LogP contribution is -2.42. The number of aryl methyl sites for hydroxylation is 1. The second kappa shape index (κ2) is 6.55. The number of nitrogens with one attached hydrogen (secondary N) is 1. The molecule has 0 aliphatic rings. The first-order valence-corrected chi connectivity index (χ1v) is 5.75. The molecule has 0 bridgehead atoms. The van der Waals surface area contributed by atoms with Crippen molar-refractivity contribution in [1.29, 1.82) is 0 Å². The minimum Gasteiger partial charge on any atom is -0.508 e. The fraction of sp³-hybridized carbons (Fsp3) is 0.308. The minimum absolute atomic E-state index is 0.0332. The number of hydrogen-bond acceptors (Lipinski definition) is 5. The molecule has 0 aromatic heterocycles. The molecule has 0 fully saturated rings. The van der Waals surface area contributed by atoms with E-state index in [0.717, 1.165) is 7.11 Å². The Hall–Kier alpha value is -2.57. The van der Waals surface area contributed by atoms with Crippen LogP contribution < -0.4 is 5.32 Å². The van der Waals surface area contributed by atoms with Gasteiger partial charge in [-0.15, -0.1) is 0 Å². The number of phenolic OH excluding ortho intramolecular Hbond substituents is 1. The number of rotatable bonds is 5. The summed E-state index contributed by atoms with van der Waals surface area (Å²) in [6.07, 6.45) is -0.464. The number of carbonyl (C=O) groups is 3. The fourth-order valence-electron chi connectivity index (χ4n) is 1.49. The predicted octanol–water partition coefficient (Wildman–Crippen LogP) is 0.447. The van der Waals surface area contributed by atoms with E-state index >= 15 is 0 Å². The zero-order valence-corrected chi connectivity index (χ0v) is 11.0. The number of phenols is 1. The molecule has 0 aliphatic heterocycles. The third-order valence-corrected chi connectivity index (χ3v) is 2.66. The first-order valence-electron chi connectivity index (χ1n) is 5.75. The number of methoxy groups -OCH3 is 1. The molecule has 1 amide bonds. The Bertz CT molecular complexity index is 540. The van der Waals surface area contributed by atoms with Crippen molar-refractivity contribution in [2.75, 3.05) is 7.11 Å². The summed E-state index contributed by atoms with van der Waals surface area (Å²) in [4.78, 5) is 33.9. The lowest BCUT2D eigenvalue weighted by Gasteiger charge is -2.13. The molecule has 0 radical (unpaired) electrons. The van der Waals surface area contributed by atoms with Crippen LogP contribution in [0, 0.1) is 6.92 Å². The number of amides is 1. The molecule has 108 valence electrons. The molecule has 0 heterocycles. The van der Waals surface area contributed by atoms with Gasteiger partial charge < -0.3 is 20.3 Å².